The molecule has 0 atom stereocenters. The van der Waals surface area contributed by atoms with E-state index in [0.29, 0.717) is 22.5 Å². The van der Waals surface area contributed by atoms with Gasteiger partial charge in [0.05, 0.1) is 11.4 Å². The molecule has 1 heterocycles. The summed E-state index contributed by atoms with van der Waals surface area (Å²) < 4.78 is 0.936. The van der Waals surface area contributed by atoms with E-state index in [-0.39, 0.29) is 17.4 Å². The number of anilines is 1. The molecule has 0 spiro atoms. The first-order valence-corrected chi connectivity index (χ1v) is 9.49. The van der Waals surface area contributed by atoms with Gasteiger partial charge in [-0.3, -0.25) is 9.59 Å². The summed E-state index contributed by atoms with van der Waals surface area (Å²) in [6.45, 7) is 1.80. The van der Waals surface area contributed by atoms with Crippen LogP contribution in [0.4, 0.5) is 5.69 Å². The number of benzene rings is 2. The Bertz CT molecular complexity index is 964. The molecule has 6 heteroatoms. The second-order valence-electron chi connectivity index (χ2n) is 5.75. The maximum absolute atomic E-state index is 12.6. The molecule has 25 heavy (non-hydrogen) atoms. The molecule has 0 radical (unpaired) electrons. The molecule has 1 amide bonds. The highest BCUT2D eigenvalue weighted by Gasteiger charge is 2.32. The van der Waals surface area contributed by atoms with Crippen molar-refractivity contribution in [2.45, 2.75) is 6.92 Å². The zero-order valence-corrected chi connectivity index (χ0v) is 15.7. The standard InChI is InChI=1S/C19H13BrN2O2S/c1-11-18(24)15-5-3-2-4-14(15)17-19(11)25-10-16(23)22(21-17)13-8-6-12(20)7-9-13/h2-9H,10H2,1H3. The predicted octanol–water partition coefficient (Wildman–Crippen LogP) is 4.40. The minimum atomic E-state index is -0.112. The van der Waals surface area contributed by atoms with Gasteiger partial charge in [-0.25, -0.2) is 0 Å². The molecular weight excluding hydrogens is 400 g/mol. The van der Waals surface area contributed by atoms with Crippen LogP contribution in [0, 0.1) is 0 Å². The number of halogens is 1. The van der Waals surface area contributed by atoms with Gasteiger partial charge < -0.3 is 0 Å². The number of Topliss-reactive ketones (excluding diaryl/α,β-unsaturated/α-hetero) is 1. The third-order valence-corrected chi connectivity index (χ3v) is 5.88. The summed E-state index contributed by atoms with van der Waals surface area (Å²) in [5.41, 5.74) is 3.44. The number of amides is 1. The van der Waals surface area contributed by atoms with Crippen molar-refractivity contribution in [3.8, 4) is 0 Å². The molecule has 0 N–H and O–H groups in total. The number of ketones is 1. The van der Waals surface area contributed by atoms with Crippen molar-refractivity contribution in [1.29, 1.82) is 0 Å². The van der Waals surface area contributed by atoms with Crippen LogP contribution in [0.15, 0.2) is 68.6 Å². The topological polar surface area (TPSA) is 49.7 Å². The van der Waals surface area contributed by atoms with E-state index in [1.54, 1.807) is 6.92 Å². The first-order chi connectivity index (χ1) is 12.1. The lowest BCUT2D eigenvalue weighted by molar-refractivity contribution is -0.116. The van der Waals surface area contributed by atoms with Gasteiger partial charge in [0, 0.05) is 26.1 Å². The molecule has 2 aromatic rings. The number of carbonyl (C=O) groups is 2. The number of carbonyl (C=O) groups excluding carboxylic acids is 2. The van der Waals surface area contributed by atoms with E-state index in [2.05, 4.69) is 21.0 Å². The molecule has 2 aromatic carbocycles. The van der Waals surface area contributed by atoms with Crippen molar-refractivity contribution in [3.05, 3.63) is 74.6 Å². The smallest absolute Gasteiger partial charge is 0.257 e. The van der Waals surface area contributed by atoms with Crippen molar-refractivity contribution in [2.24, 2.45) is 5.10 Å². The third-order valence-electron chi connectivity index (χ3n) is 4.17. The zero-order chi connectivity index (χ0) is 17.6. The lowest BCUT2D eigenvalue weighted by atomic mass is 9.89. The van der Waals surface area contributed by atoms with E-state index in [1.165, 1.54) is 16.8 Å². The second-order valence-corrected chi connectivity index (χ2v) is 7.65. The third kappa shape index (κ3) is 2.75. The molecular formula is C19H13BrN2O2S. The quantitative estimate of drug-likeness (QED) is 0.696. The molecule has 0 saturated heterocycles. The Morgan fingerprint density at radius 2 is 1.72 bits per heavy atom. The van der Waals surface area contributed by atoms with Crippen LogP contribution in [-0.2, 0) is 4.79 Å². The second kappa shape index (κ2) is 6.28. The van der Waals surface area contributed by atoms with E-state index in [0.717, 1.165) is 14.9 Å². The largest absolute Gasteiger partial charge is 0.289 e. The molecule has 0 saturated carbocycles. The van der Waals surface area contributed by atoms with Crippen molar-refractivity contribution >= 4 is 50.8 Å². The molecule has 1 aliphatic carbocycles. The first kappa shape index (κ1) is 16.3. The summed E-state index contributed by atoms with van der Waals surface area (Å²) in [4.78, 5) is 26.0. The zero-order valence-electron chi connectivity index (χ0n) is 13.3. The van der Waals surface area contributed by atoms with E-state index >= 15 is 0 Å². The molecule has 4 rings (SSSR count). The Balaban J connectivity index is 1.92. The molecule has 0 fully saturated rings. The fourth-order valence-electron chi connectivity index (χ4n) is 2.90. The maximum Gasteiger partial charge on any atom is 0.257 e. The number of thioether (sulfide) groups is 1. The summed E-state index contributed by atoms with van der Waals surface area (Å²) >= 11 is 4.78. The summed E-state index contributed by atoms with van der Waals surface area (Å²) in [5, 5.41) is 6.09. The summed E-state index contributed by atoms with van der Waals surface area (Å²) in [7, 11) is 0. The summed E-state index contributed by atoms with van der Waals surface area (Å²) in [6.07, 6.45) is 0. The number of hydrogen-bond acceptors (Lipinski definition) is 4. The summed E-state index contributed by atoms with van der Waals surface area (Å²) in [6, 6.07) is 14.9. The van der Waals surface area contributed by atoms with Gasteiger partial charge in [-0.2, -0.15) is 10.1 Å². The van der Waals surface area contributed by atoms with Crippen molar-refractivity contribution in [1.82, 2.24) is 0 Å². The van der Waals surface area contributed by atoms with Gasteiger partial charge in [0.1, 0.15) is 5.71 Å². The fourth-order valence-corrected chi connectivity index (χ4v) is 4.15. The highest BCUT2D eigenvalue weighted by molar-refractivity contribution is 9.10. The molecule has 124 valence electrons. The Hall–Kier alpha value is -2.18. The SMILES string of the molecule is CC1=C2SCC(=O)N(c3ccc(Br)cc3)N=C2c2ccccc2C1=O. The van der Waals surface area contributed by atoms with E-state index in [9.17, 15) is 9.59 Å². The monoisotopic (exact) mass is 412 g/mol. The van der Waals surface area contributed by atoms with Gasteiger partial charge in [0.15, 0.2) is 5.78 Å². The van der Waals surface area contributed by atoms with Crippen LogP contribution in [0.3, 0.4) is 0 Å². The molecule has 0 bridgehead atoms. The van der Waals surface area contributed by atoms with Crippen molar-refractivity contribution < 1.29 is 9.59 Å². The highest BCUT2D eigenvalue weighted by Crippen LogP contribution is 2.36. The predicted molar refractivity (Wildman–Crippen MR) is 104 cm³/mol. The fraction of sp³-hybridized carbons (Fsp3) is 0.105. The van der Waals surface area contributed by atoms with E-state index in [4.69, 9.17) is 0 Å². The Kier molecular flexibility index (Phi) is 4.09. The Morgan fingerprint density at radius 1 is 1.04 bits per heavy atom. The van der Waals surface area contributed by atoms with Crippen LogP contribution in [0.2, 0.25) is 0 Å². The molecule has 0 aromatic heterocycles. The van der Waals surface area contributed by atoms with Crippen LogP contribution in [0.1, 0.15) is 22.8 Å². The van der Waals surface area contributed by atoms with Gasteiger partial charge >= 0.3 is 0 Å². The van der Waals surface area contributed by atoms with Crippen molar-refractivity contribution in [3.63, 3.8) is 0 Å². The Morgan fingerprint density at radius 3 is 2.44 bits per heavy atom. The van der Waals surface area contributed by atoms with Gasteiger partial charge in [0.25, 0.3) is 5.91 Å². The van der Waals surface area contributed by atoms with E-state index in [1.807, 2.05) is 48.5 Å². The average molecular weight is 413 g/mol. The van der Waals surface area contributed by atoms with Gasteiger partial charge in [-0.15, -0.1) is 11.8 Å². The average Bonchev–Trinajstić information content (AvgIpc) is 2.80. The minimum absolute atomic E-state index is 0.00147. The van der Waals surface area contributed by atoms with Gasteiger partial charge in [-0.1, -0.05) is 40.2 Å². The number of nitrogens with zero attached hydrogens (tertiary/aromatic N) is 2. The van der Waals surface area contributed by atoms with Crippen molar-refractivity contribution in [2.75, 3.05) is 10.8 Å². The first-order valence-electron chi connectivity index (χ1n) is 7.71. The number of hydrogen-bond donors (Lipinski definition) is 0. The Labute approximate surface area is 157 Å². The van der Waals surface area contributed by atoms with Gasteiger partial charge in [-0.05, 0) is 31.2 Å². The molecule has 4 nitrogen and oxygen atoms in total. The van der Waals surface area contributed by atoms with Crippen LogP contribution in [0.5, 0.6) is 0 Å². The summed E-state index contributed by atoms with van der Waals surface area (Å²) in [5.74, 6) is 0.131. The number of fused-ring (bicyclic) bond motifs is 3. The highest BCUT2D eigenvalue weighted by atomic mass is 79.9. The lowest BCUT2D eigenvalue weighted by Crippen LogP contribution is -2.27. The van der Waals surface area contributed by atoms with Crippen LogP contribution in [-0.4, -0.2) is 23.2 Å². The normalized spacial score (nSPS) is 17.0. The molecule has 2 aliphatic rings. The maximum atomic E-state index is 12.6. The van der Waals surface area contributed by atoms with Crippen LogP contribution >= 0.6 is 27.7 Å². The number of rotatable bonds is 1. The minimum Gasteiger partial charge on any atom is -0.289 e. The van der Waals surface area contributed by atoms with Gasteiger partial charge in [0.2, 0.25) is 0 Å². The van der Waals surface area contributed by atoms with Crippen LogP contribution < -0.4 is 5.01 Å². The van der Waals surface area contributed by atoms with Crippen LogP contribution in [0.25, 0.3) is 0 Å². The number of allylic oxidation sites excluding steroid dienone is 2. The number of hydrazone groups is 1. The lowest BCUT2D eigenvalue weighted by Gasteiger charge is -2.21. The molecule has 0 unspecified atom stereocenters. The van der Waals surface area contributed by atoms with E-state index < -0.39 is 0 Å². The molecule has 1 aliphatic heterocycles.